The minimum absolute atomic E-state index is 0.581. The second kappa shape index (κ2) is 5.51. The maximum Gasteiger partial charge on any atom is 0.161 e. The summed E-state index contributed by atoms with van der Waals surface area (Å²) in [7, 11) is 0. The molecule has 92 valence electrons. The quantitative estimate of drug-likeness (QED) is 0.860. The molecule has 0 bridgehead atoms. The van der Waals surface area contributed by atoms with Gasteiger partial charge in [-0.2, -0.15) is 0 Å². The van der Waals surface area contributed by atoms with Gasteiger partial charge in [0.15, 0.2) is 5.17 Å². The van der Waals surface area contributed by atoms with Crippen molar-refractivity contribution in [2.45, 2.75) is 25.5 Å². The number of anilines is 1. The van der Waals surface area contributed by atoms with Gasteiger partial charge in [0.25, 0.3) is 0 Å². The summed E-state index contributed by atoms with van der Waals surface area (Å²) in [6.45, 7) is 4.99. The fraction of sp³-hybridized carbons (Fsp3) is 0.417. The molecule has 0 amide bonds. The Morgan fingerprint density at radius 2 is 2.18 bits per heavy atom. The molecule has 1 aliphatic rings. The summed E-state index contributed by atoms with van der Waals surface area (Å²) in [5.74, 6) is 0. The summed E-state index contributed by atoms with van der Waals surface area (Å²) in [5.41, 5.74) is 1.81. The van der Waals surface area contributed by atoms with Crippen molar-refractivity contribution < 1.29 is 0 Å². The van der Waals surface area contributed by atoms with Crippen molar-refractivity contribution in [1.29, 1.82) is 0 Å². The second-order valence-corrected chi connectivity index (χ2v) is 6.10. The first kappa shape index (κ1) is 13.1. The molecule has 1 unspecified atom stereocenters. The van der Waals surface area contributed by atoms with Crippen molar-refractivity contribution in [3.63, 3.8) is 0 Å². The van der Waals surface area contributed by atoms with E-state index in [0.717, 1.165) is 29.4 Å². The van der Waals surface area contributed by atoms with E-state index in [4.69, 9.17) is 23.2 Å². The molecule has 0 saturated carbocycles. The number of aliphatic imine (C=N–C) groups is 1. The molecule has 0 saturated heterocycles. The van der Waals surface area contributed by atoms with Crippen LogP contribution in [-0.2, 0) is 0 Å². The number of benzene rings is 1. The molecule has 2 nitrogen and oxygen atoms in total. The van der Waals surface area contributed by atoms with E-state index in [1.54, 1.807) is 11.8 Å². The van der Waals surface area contributed by atoms with Crippen LogP contribution >= 0.6 is 35.0 Å². The van der Waals surface area contributed by atoms with Gasteiger partial charge >= 0.3 is 0 Å². The van der Waals surface area contributed by atoms with Crippen LogP contribution in [0.5, 0.6) is 0 Å². The number of hydrogen-bond donors (Lipinski definition) is 1. The topological polar surface area (TPSA) is 24.4 Å². The van der Waals surface area contributed by atoms with Crippen LogP contribution in [0.1, 0.15) is 18.9 Å². The molecule has 0 aliphatic carbocycles. The third-order valence-corrected chi connectivity index (χ3v) is 4.65. The average Bonchev–Trinajstić information content (AvgIpc) is 2.73. The van der Waals surface area contributed by atoms with Gasteiger partial charge in [-0.3, -0.25) is 4.99 Å². The third-order valence-electron chi connectivity index (χ3n) is 2.66. The standard InChI is InChI=1S/C12H14Cl2N2S/c1-3-8-6-15-12(17-8)16-11-5-9(13)7(2)4-10(11)14/h4-5,8H,3,6H2,1-2H3,(H,15,16). The molecule has 5 heteroatoms. The van der Waals surface area contributed by atoms with Crippen molar-refractivity contribution in [3.05, 3.63) is 27.7 Å². The van der Waals surface area contributed by atoms with Gasteiger partial charge in [-0.15, -0.1) is 0 Å². The molecule has 0 aromatic heterocycles. The van der Waals surface area contributed by atoms with Crippen LogP contribution in [0.25, 0.3) is 0 Å². The lowest BCUT2D eigenvalue weighted by Gasteiger charge is -2.10. The molecule has 1 atom stereocenters. The summed E-state index contributed by atoms with van der Waals surface area (Å²) in [5, 5.41) is 6.14. The molecule has 1 aromatic carbocycles. The highest BCUT2D eigenvalue weighted by atomic mass is 35.5. The number of halogens is 2. The Balaban J connectivity index is 2.12. The Morgan fingerprint density at radius 3 is 2.82 bits per heavy atom. The number of aryl methyl sites for hydroxylation is 1. The van der Waals surface area contributed by atoms with Crippen LogP contribution in [0, 0.1) is 6.92 Å². The van der Waals surface area contributed by atoms with Crippen molar-refractivity contribution in [1.82, 2.24) is 0 Å². The van der Waals surface area contributed by atoms with Gasteiger partial charge in [0, 0.05) is 10.3 Å². The summed E-state index contributed by atoms with van der Waals surface area (Å²) < 4.78 is 0. The van der Waals surface area contributed by atoms with E-state index in [1.165, 1.54) is 0 Å². The minimum Gasteiger partial charge on any atom is -0.334 e. The van der Waals surface area contributed by atoms with Crippen LogP contribution in [-0.4, -0.2) is 17.0 Å². The minimum atomic E-state index is 0.581. The predicted molar refractivity (Wildman–Crippen MR) is 78.8 cm³/mol. The first-order valence-electron chi connectivity index (χ1n) is 5.54. The van der Waals surface area contributed by atoms with Crippen LogP contribution in [0.4, 0.5) is 5.69 Å². The molecular formula is C12H14Cl2N2S. The SMILES string of the molecule is CCC1CN=C(Nc2cc(Cl)c(C)cc2Cl)S1. The molecule has 0 fully saturated rings. The van der Waals surface area contributed by atoms with Gasteiger partial charge in [0.05, 0.1) is 17.3 Å². The van der Waals surface area contributed by atoms with Crippen LogP contribution < -0.4 is 5.32 Å². The number of rotatable bonds is 2. The zero-order valence-corrected chi connectivity index (χ0v) is 12.1. The van der Waals surface area contributed by atoms with E-state index in [2.05, 4.69) is 17.2 Å². The number of thioether (sulfide) groups is 1. The van der Waals surface area contributed by atoms with Gasteiger partial charge < -0.3 is 5.32 Å². The van der Waals surface area contributed by atoms with E-state index >= 15 is 0 Å². The largest absolute Gasteiger partial charge is 0.334 e. The van der Waals surface area contributed by atoms with Gasteiger partial charge in [-0.05, 0) is 31.0 Å². The van der Waals surface area contributed by atoms with Gasteiger partial charge in [0.1, 0.15) is 0 Å². The first-order valence-corrected chi connectivity index (χ1v) is 7.17. The van der Waals surface area contributed by atoms with Crippen molar-refractivity contribution in [2.75, 3.05) is 11.9 Å². The van der Waals surface area contributed by atoms with E-state index in [0.29, 0.717) is 15.3 Å². The van der Waals surface area contributed by atoms with E-state index < -0.39 is 0 Å². The smallest absolute Gasteiger partial charge is 0.161 e. The van der Waals surface area contributed by atoms with Crippen molar-refractivity contribution >= 4 is 45.8 Å². The average molecular weight is 289 g/mol. The van der Waals surface area contributed by atoms with Gasteiger partial charge in [-0.25, -0.2) is 0 Å². The maximum absolute atomic E-state index is 6.16. The highest BCUT2D eigenvalue weighted by molar-refractivity contribution is 8.15. The van der Waals surface area contributed by atoms with Crippen LogP contribution in [0.3, 0.4) is 0 Å². The Labute approximate surface area is 116 Å². The molecular weight excluding hydrogens is 275 g/mol. The predicted octanol–water partition coefficient (Wildman–Crippen LogP) is 4.60. The normalized spacial score (nSPS) is 19.3. The summed E-state index contributed by atoms with van der Waals surface area (Å²) >= 11 is 14.0. The molecule has 0 spiro atoms. The van der Waals surface area contributed by atoms with Crippen LogP contribution in [0.15, 0.2) is 17.1 Å². The van der Waals surface area contributed by atoms with Gasteiger partial charge in [0.2, 0.25) is 0 Å². The third kappa shape index (κ3) is 3.09. The fourth-order valence-corrected chi connectivity index (χ4v) is 2.93. The number of hydrogen-bond acceptors (Lipinski definition) is 3. The molecule has 0 radical (unpaired) electrons. The van der Waals surface area contributed by atoms with E-state index in [-0.39, 0.29) is 0 Å². The molecule has 1 heterocycles. The summed E-state index contributed by atoms with van der Waals surface area (Å²) in [4.78, 5) is 4.44. The Bertz CT molecular complexity index is 460. The number of nitrogens with zero attached hydrogens (tertiary/aromatic N) is 1. The second-order valence-electron chi connectivity index (χ2n) is 4.00. The molecule has 17 heavy (non-hydrogen) atoms. The maximum atomic E-state index is 6.16. The zero-order valence-electron chi connectivity index (χ0n) is 9.76. The van der Waals surface area contributed by atoms with Gasteiger partial charge in [-0.1, -0.05) is 41.9 Å². The number of nitrogens with one attached hydrogen (secondary N) is 1. The molecule has 1 N–H and O–H groups in total. The highest BCUT2D eigenvalue weighted by Gasteiger charge is 2.18. The Kier molecular flexibility index (Phi) is 4.23. The molecule has 2 rings (SSSR count). The lowest BCUT2D eigenvalue weighted by Crippen LogP contribution is -2.07. The Hall–Kier alpha value is -0.380. The molecule has 1 aliphatic heterocycles. The van der Waals surface area contributed by atoms with Crippen molar-refractivity contribution in [3.8, 4) is 0 Å². The van der Waals surface area contributed by atoms with E-state index in [9.17, 15) is 0 Å². The fourth-order valence-electron chi connectivity index (χ4n) is 1.56. The monoisotopic (exact) mass is 288 g/mol. The molecule has 1 aromatic rings. The number of amidine groups is 1. The summed E-state index contributed by atoms with van der Waals surface area (Å²) in [6, 6.07) is 3.71. The Morgan fingerprint density at radius 1 is 1.41 bits per heavy atom. The lowest BCUT2D eigenvalue weighted by molar-refractivity contribution is 0.843. The first-order chi connectivity index (χ1) is 8.10. The van der Waals surface area contributed by atoms with E-state index in [1.807, 2.05) is 19.1 Å². The van der Waals surface area contributed by atoms with Crippen molar-refractivity contribution in [2.24, 2.45) is 4.99 Å². The van der Waals surface area contributed by atoms with Crippen LogP contribution in [0.2, 0.25) is 10.0 Å². The highest BCUT2D eigenvalue weighted by Crippen LogP contribution is 2.31. The zero-order chi connectivity index (χ0) is 12.4. The summed E-state index contributed by atoms with van der Waals surface area (Å²) in [6.07, 6.45) is 1.13. The lowest BCUT2D eigenvalue weighted by atomic mass is 10.2.